The number of hydrogen-bond donors (Lipinski definition) is 2. The first-order chi connectivity index (χ1) is 14.6. The molecule has 0 atom stereocenters. The van der Waals surface area contributed by atoms with Crippen molar-refractivity contribution in [3.63, 3.8) is 0 Å². The number of carbonyl (C=O) groups is 1. The Morgan fingerprint density at radius 1 is 1.10 bits per heavy atom. The number of hydrazone groups is 1. The summed E-state index contributed by atoms with van der Waals surface area (Å²) in [6, 6.07) is 10.7. The molecule has 0 spiro atoms. The Bertz CT molecular complexity index is 1070. The number of fused-ring (bicyclic) bond motifs is 1. The lowest BCUT2D eigenvalue weighted by atomic mass is 10.2. The Morgan fingerprint density at radius 2 is 1.83 bits per heavy atom. The molecule has 2 aromatic carbocycles. The van der Waals surface area contributed by atoms with E-state index in [9.17, 15) is 4.79 Å². The molecule has 0 aliphatic carbocycles. The van der Waals surface area contributed by atoms with Crippen LogP contribution in [0.1, 0.15) is 16.1 Å². The van der Waals surface area contributed by atoms with E-state index < -0.39 is 5.91 Å². The molecule has 0 radical (unpaired) electrons. The molecule has 3 aromatic rings. The highest BCUT2D eigenvalue weighted by Gasteiger charge is 2.19. The molecule has 0 aliphatic rings. The lowest BCUT2D eigenvalue weighted by Crippen LogP contribution is -2.17. The largest absolute Gasteiger partial charge is 0.496 e. The topological polar surface area (TPSA) is 94.2 Å². The average Bonchev–Trinajstić information content (AvgIpc) is 3.22. The fourth-order valence-electron chi connectivity index (χ4n) is 2.89. The summed E-state index contributed by atoms with van der Waals surface area (Å²) >= 11 is 0. The van der Waals surface area contributed by atoms with E-state index >= 15 is 0 Å². The van der Waals surface area contributed by atoms with Crippen LogP contribution in [0, 0.1) is 0 Å². The van der Waals surface area contributed by atoms with E-state index in [2.05, 4.69) is 22.1 Å². The summed E-state index contributed by atoms with van der Waals surface area (Å²) in [5.41, 5.74) is 4.21. The highest BCUT2D eigenvalue weighted by molar-refractivity contribution is 6.02. The van der Waals surface area contributed by atoms with Crippen molar-refractivity contribution in [2.45, 2.75) is 0 Å². The fourth-order valence-corrected chi connectivity index (χ4v) is 2.89. The maximum atomic E-state index is 12.5. The van der Waals surface area contributed by atoms with Crippen LogP contribution >= 0.6 is 0 Å². The molecule has 1 heterocycles. The number of benzene rings is 2. The molecule has 156 valence electrons. The van der Waals surface area contributed by atoms with Crippen LogP contribution in [-0.2, 0) is 0 Å². The Morgan fingerprint density at radius 3 is 2.47 bits per heavy atom. The van der Waals surface area contributed by atoms with Crippen LogP contribution in [0.4, 0.5) is 0 Å². The summed E-state index contributed by atoms with van der Waals surface area (Å²) in [4.78, 5) is 15.6. The summed E-state index contributed by atoms with van der Waals surface area (Å²) in [6.45, 7) is 4.05. The van der Waals surface area contributed by atoms with Gasteiger partial charge in [-0.3, -0.25) is 4.79 Å². The fraction of sp³-hybridized carbons (Fsp3) is 0.182. The number of methoxy groups -OCH3 is 3. The molecule has 0 saturated carbocycles. The van der Waals surface area contributed by atoms with E-state index in [1.165, 1.54) is 14.2 Å². The highest BCUT2D eigenvalue weighted by Crippen LogP contribution is 2.41. The van der Waals surface area contributed by atoms with Crippen LogP contribution in [-0.4, -0.2) is 45.0 Å². The van der Waals surface area contributed by atoms with E-state index in [0.717, 1.165) is 11.3 Å². The molecule has 8 nitrogen and oxygen atoms in total. The van der Waals surface area contributed by atoms with Gasteiger partial charge < -0.3 is 23.9 Å². The van der Waals surface area contributed by atoms with Gasteiger partial charge in [-0.05, 0) is 35.9 Å². The highest BCUT2D eigenvalue weighted by atomic mass is 16.5. The summed E-state index contributed by atoms with van der Waals surface area (Å²) in [5.74, 6) is 1.85. The number of nitrogens with zero attached hydrogens (tertiary/aromatic N) is 1. The van der Waals surface area contributed by atoms with E-state index in [1.807, 2.05) is 24.3 Å². The number of amides is 1. The SMILES string of the molecule is C=CCOc1ccc(C=NNC(=O)c2cc3c(OC)cc(OC)c(OC)c3[nH]2)cc1. The van der Waals surface area contributed by atoms with Gasteiger partial charge in [0.05, 0.1) is 33.1 Å². The van der Waals surface area contributed by atoms with E-state index in [0.29, 0.717) is 40.5 Å². The summed E-state index contributed by atoms with van der Waals surface area (Å²) < 4.78 is 21.6. The van der Waals surface area contributed by atoms with Crippen molar-refractivity contribution in [2.24, 2.45) is 5.10 Å². The van der Waals surface area contributed by atoms with Gasteiger partial charge in [-0.15, -0.1) is 0 Å². The molecule has 0 saturated heterocycles. The third kappa shape index (κ3) is 4.38. The molecule has 0 bridgehead atoms. The first kappa shape index (κ1) is 20.8. The van der Waals surface area contributed by atoms with Crippen LogP contribution < -0.4 is 24.4 Å². The maximum Gasteiger partial charge on any atom is 0.287 e. The second-order valence-corrected chi connectivity index (χ2v) is 6.15. The lowest BCUT2D eigenvalue weighted by Gasteiger charge is -2.11. The van der Waals surface area contributed by atoms with Crippen molar-refractivity contribution in [1.29, 1.82) is 0 Å². The maximum absolute atomic E-state index is 12.5. The van der Waals surface area contributed by atoms with Gasteiger partial charge in [0, 0.05) is 11.5 Å². The second kappa shape index (κ2) is 9.51. The van der Waals surface area contributed by atoms with Gasteiger partial charge in [-0.2, -0.15) is 5.10 Å². The van der Waals surface area contributed by atoms with Gasteiger partial charge in [-0.25, -0.2) is 5.43 Å². The van der Waals surface area contributed by atoms with Gasteiger partial charge in [0.1, 0.15) is 23.8 Å². The third-order valence-electron chi connectivity index (χ3n) is 4.31. The van der Waals surface area contributed by atoms with Crippen LogP contribution in [0.5, 0.6) is 23.0 Å². The molecule has 1 aromatic heterocycles. The minimum atomic E-state index is -0.406. The number of H-pyrrole nitrogens is 1. The predicted molar refractivity (Wildman–Crippen MR) is 115 cm³/mol. The zero-order valence-electron chi connectivity index (χ0n) is 17.0. The number of carbonyl (C=O) groups excluding carboxylic acids is 1. The molecule has 0 unspecified atom stereocenters. The van der Waals surface area contributed by atoms with Crippen LogP contribution in [0.25, 0.3) is 10.9 Å². The molecule has 3 rings (SSSR count). The van der Waals surface area contributed by atoms with Crippen LogP contribution in [0.2, 0.25) is 0 Å². The van der Waals surface area contributed by atoms with Crippen molar-refractivity contribution < 1.29 is 23.7 Å². The third-order valence-corrected chi connectivity index (χ3v) is 4.31. The minimum absolute atomic E-state index is 0.306. The van der Waals surface area contributed by atoms with Crippen LogP contribution in [0.3, 0.4) is 0 Å². The van der Waals surface area contributed by atoms with Gasteiger partial charge in [0.2, 0.25) is 0 Å². The summed E-state index contributed by atoms with van der Waals surface area (Å²) in [5, 5.41) is 4.70. The molecule has 8 heteroatoms. The smallest absolute Gasteiger partial charge is 0.287 e. The minimum Gasteiger partial charge on any atom is -0.496 e. The Balaban J connectivity index is 1.76. The number of rotatable bonds is 9. The number of aromatic nitrogens is 1. The molecule has 2 N–H and O–H groups in total. The van der Waals surface area contributed by atoms with Crippen molar-refractivity contribution in [3.8, 4) is 23.0 Å². The standard InChI is InChI=1S/C22H23N3O5/c1-5-10-30-15-8-6-14(7-9-15)13-23-25-22(26)17-11-16-18(27-2)12-19(28-3)21(29-4)20(16)24-17/h5-9,11-13,24H,1,10H2,2-4H3,(H,25,26). The molecular weight excluding hydrogens is 386 g/mol. The Labute approximate surface area is 174 Å². The van der Waals surface area contributed by atoms with Crippen LogP contribution in [0.15, 0.2) is 54.2 Å². The monoisotopic (exact) mass is 409 g/mol. The van der Waals surface area contributed by atoms with Gasteiger partial charge >= 0.3 is 0 Å². The normalized spacial score (nSPS) is 10.8. The molecule has 1 amide bonds. The van der Waals surface area contributed by atoms with E-state index in [-0.39, 0.29) is 0 Å². The Kier molecular flexibility index (Phi) is 6.59. The number of ether oxygens (including phenoxy) is 4. The van der Waals surface area contributed by atoms with Crippen molar-refractivity contribution in [1.82, 2.24) is 10.4 Å². The number of hydrogen-bond acceptors (Lipinski definition) is 6. The van der Waals surface area contributed by atoms with Crippen molar-refractivity contribution in [2.75, 3.05) is 27.9 Å². The van der Waals surface area contributed by atoms with Gasteiger partial charge in [0.15, 0.2) is 11.5 Å². The van der Waals surface area contributed by atoms with E-state index in [1.54, 1.807) is 31.5 Å². The van der Waals surface area contributed by atoms with Gasteiger partial charge in [-0.1, -0.05) is 12.7 Å². The first-order valence-electron chi connectivity index (χ1n) is 9.10. The second-order valence-electron chi connectivity index (χ2n) is 6.15. The summed E-state index contributed by atoms with van der Waals surface area (Å²) in [6.07, 6.45) is 3.22. The predicted octanol–water partition coefficient (Wildman–Crippen LogP) is 3.52. The quantitative estimate of drug-likeness (QED) is 0.320. The molecule has 0 aliphatic heterocycles. The Hall–Kier alpha value is -3.94. The van der Waals surface area contributed by atoms with Gasteiger partial charge in [0.25, 0.3) is 5.91 Å². The van der Waals surface area contributed by atoms with E-state index in [4.69, 9.17) is 18.9 Å². The number of aromatic amines is 1. The molecule has 30 heavy (non-hydrogen) atoms. The zero-order valence-corrected chi connectivity index (χ0v) is 17.0. The zero-order chi connectivity index (χ0) is 21.5. The summed E-state index contributed by atoms with van der Waals surface area (Å²) in [7, 11) is 4.61. The number of nitrogens with one attached hydrogen (secondary N) is 2. The lowest BCUT2D eigenvalue weighted by molar-refractivity contribution is 0.0951. The molecule has 0 fully saturated rings. The van der Waals surface area contributed by atoms with Crippen molar-refractivity contribution in [3.05, 3.63) is 60.3 Å². The molecular formula is C22H23N3O5. The van der Waals surface area contributed by atoms with Crippen molar-refractivity contribution >= 4 is 23.0 Å². The average molecular weight is 409 g/mol. The first-order valence-corrected chi connectivity index (χ1v) is 9.10.